The summed E-state index contributed by atoms with van der Waals surface area (Å²) in [6.07, 6.45) is 1.63. The standard InChI is InChI=1S/C16H15F2N5O2S/c17-13-4-1-5-14(18)12(13)6-7-19-15(24)10-26-16-20-21-22-23(16)9-11-3-2-8-25-11/h1-5,8H,6-7,9-10H2,(H,19,24). The van der Waals surface area contributed by atoms with Gasteiger partial charge in [-0.1, -0.05) is 17.8 Å². The largest absolute Gasteiger partial charge is 0.467 e. The second kappa shape index (κ2) is 8.56. The van der Waals surface area contributed by atoms with E-state index in [0.29, 0.717) is 17.5 Å². The van der Waals surface area contributed by atoms with Gasteiger partial charge in [0.1, 0.15) is 23.9 Å². The molecule has 10 heteroatoms. The molecule has 1 amide bonds. The highest BCUT2D eigenvalue weighted by molar-refractivity contribution is 7.99. The summed E-state index contributed by atoms with van der Waals surface area (Å²) < 4.78 is 33.8. The van der Waals surface area contributed by atoms with Crippen LogP contribution in [0.1, 0.15) is 11.3 Å². The van der Waals surface area contributed by atoms with Gasteiger partial charge in [-0.25, -0.2) is 13.5 Å². The number of tetrazole rings is 1. The van der Waals surface area contributed by atoms with Crippen LogP contribution in [-0.4, -0.2) is 38.4 Å². The number of carbonyl (C=O) groups excluding carboxylic acids is 1. The van der Waals surface area contributed by atoms with Crippen LogP contribution in [0, 0.1) is 11.6 Å². The van der Waals surface area contributed by atoms with Crippen LogP contribution in [0.3, 0.4) is 0 Å². The number of nitrogens with one attached hydrogen (secondary N) is 1. The molecule has 3 aromatic rings. The lowest BCUT2D eigenvalue weighted by molar-refractivity contribution is -0.118. The number of nitrogens with zero attached hydrogens (tertiary/aromatic N) is 4. The van der Waals surface area contributed by atoms with Gasteiger partial charge >= 0.3 is 0 Å². The zero-order valence-electron chi connectivity index (χ0n) is 13.6. The van der Waals surface area contributed by atoms with Gasteiger partial charge in [0, 0.05) is 12.1 Å². The minimum atomic E-state index is -0.620. The number of thioether (sulfide) groups is 1. The average molecular weight is 379 g/mol. The van der Waals surface area contributed by atoms with E-state index in [4.69, 9.17) is 4.42 Å². The lowest BCUT2D eigenvalue weighted by atomic mass is 10.1. The zero-order chi connectivity index (χ0) is 18.4. The van der Waals surface area contributed by atoms with Crippen LogP contribution in [0.25, 0.3) is 0 Å². The molecule has 0 fully saturated rings. The first kappa shape index (κ1) is 18.1. The molecule has 0 bridgehead atoms. The van der Waals surface area contributed by atoms with E-state index in [0.717, 1.165) is 11.8 Å². The molecule has 0 aliphatic carbocycles. The van der Waals surface area contributed by atoms with Crippen molar-refractivity contribution in [2.75, 3.05) is 12.3 Å². The van der Waals surface area contributed by atoms with E-state index >= 15 is 0 Å². The second-order valence-electron chi connectivity index (χ2n) is 5.29. The summed E-state index contributed by atoms with van der Waals surface area (Å²) in [7, 11) is 0. The highest BCUT2D eigenvalue weighted by Gasteiger charge is 2.12. The van der Waals surface area contributed by atoms with Crippen LogP contribution in [0.4, 0.5) is 8.78 Å². The van der Waals surface area contributed by atoms with Gasteiger partial charge in [-0.3, -0.25) is 4.79 Å². The van der Waals surface area contributed by atoms with Crippen molar-refractivity contribution in [1.82, 2.24) is 25.5 Å². The van der Waals surface area contributed by atoms with Crippen molar-refractivity contribution >= 4 is 17.7 Å². The quantitative estimate of drug-likeness (QED) is 0.603. The molecule has 0 saturated carbocycles. The number of hydrogen-bond acceptors (Lipinski definition) is 6. The van der Waals surface area contributed by atoms with Crippen molar-refractivity contribution < 1.29 is 18.0 Å². The lowest BCUT2D eigenvalue weighted by Crippen LogP contribution is -2.27. The summed E-state index contributed by atoms with van der Waals surface area (Å²) in [5.74, 6) is -0.746. The molecule has 0 unspecified atom stereocenters. The maximum Gasteiger partial charge on any atom is 0.230 e. The molecule has 1 N–H and O–H groups in total. The Morgan fingerprint density at radius 3 is 2.77 bits per heavy atom. The number of hydrogen-bond donors (Lipinski definition) is 1. The third-order valence-corrected chi connectivity index (χ3v) is 4.43. The molecule has 2 aromatic heterocycles. The SMILES string of the molecule is O=C(CSc1nnnn1Cc1ccco1)NCCc1c(F)cccc1F. The summed E-state index contributed by atoms with van der Waals surface area (Å²) >= 11 is 1.16. The molecule has 1 aromatic carbocycles. The van der Waals surface area contributed by atoms with Crippen LogP contribution in [-0.2, 0) is 17.8 Å². The number of aromatic nitrogens is 4. The van der Waals surface area contributed by atoms with Gasteiger partial charge in [0.2, 0.25) is 11.1 Å². The first-order chi connectivity index (χ1) is 12.6. The van der Waals surface area contributed by atoms with E-state index in [1.54, 1.807) is 18.4 Å². The highest BCUT2D eigenvalue weighted by atomic mass is 32.2. The molecule has 0 saturated heterocycles. The molecule has 0 aliphatic heterocycles. The Bertz CT molecular complexity index is 849. The Balaban J connectivity index is 1.45. The van der Waals surface area contributed by atoms with Crippen molar-refractivity contribution in [2.24, 2.45) is 0 Å². The van der Waals surface area contributed by atoms with E-state index < -0.39 is 11.6 Å². The van der Waals surface area contributed by atoms with Gasteiger partial charge in [0.05, 0.1) is 12.0 Å². The van der Waals surface area contributed by atoms with E-state index in [9.17, 15) is 13.6 Å². The van der Waals surface area contributed by atoms with Gasteiger partial charge in [0.25, 0.3) is 0 Å². The lowest BCUT2D eigenvalue weighted by Gasteiger charge is -2.07. The molecule has 2 heterocycles. The maximum absolute atomic E-state index is 13.5. The highest BCUT2D eigenvalue weighted by Crippen LogP contribution is 2.15. The summed E-state index contributed by atoms with van der Waals surface area (Å²) in [5, 5.41) is 14.4. The summed E-state index contributed by atoms with van der Waals surface area (Å²) in [4.78, 5) is 11.9. The van der Waals surface area contributed by atoms with Gasteiger partial charge < -0.3 is 9.73 Å². The average Bonchev–Trinajstić information content (AvgIpc) is 3.28. The number of amides is 1. The van der Waals surface area contributed by atoms with Crippen LogP contribution in [0.15, 0.2) is 46.2 Å². The maximum atomic E-state index is 13.5. The monoisotopic (exact) mass is 379 g/mol. The number of furan rings is 1. The Kier molecular flexibility index (Phi) is 5.95. The van der Waals surface area contributed by atoms with Crippen molar-refractivity contribution in [2.45, 2.75) is 18.1 Å². The second-order valence-corrected chi connectivity index (χ2v) is 6.23. The van der Waals surface area contributed by atoms with E-state index in [1.807, 2.05) is 0 Å². The first-order valence-electron chi connectivity index (χ1n) is 7.74. The normalized spacial score (nSPS) is 10.8. The molecule has 3 rings (SSSR count). The molecule has 0 atom stereocenters. The smallest absolute Gasteiger partial charge is 0.230 e. The first-order valence-corrected chi connectivity index (χ1v) is 8.73. The number of halogens is 2. The van der Waals surface area contributed by atoms with Gasteiger partial charge in [-0.15, -0.1) is 5.10 Å². The number of benzene rings is 1. The fourth-order valence-corrected chi connectivity index (χ4v) is 2.94. The summed E-state index contributed by atoms with van der Waals surface area (Å²) in [5.41, 5.74) is -0.0390. The van der Waals surface area contributed by atoms with Gasteiger partial charge in [-0.05, 0) is 41.1 Å². The molecule has 26 heavy (non-hydrogen) atoms. The minimum Gasteiger partial charge on any atom is -0.467 e. The Hall–Kier alpha value is -2.75. The number of carbonyl (C=O) groups is 1. The Morgan fingerprint density at radius 2 is 2.04 bits per heavy atom. The van der Waals surface area contributed by atoms with E-state index in [2.05, 4.69) is 20.8 Å². The molecule has 7 nitrogen and oxygen atoms in total. The molecule has 136 valence electrons. The van der Waals surface area contributed by atoms with Crippen molar-refractivity contribution in [1.29, 1.82) is 0 Å². The predicted octanol–water partition coefficient (Wildman–Crippen LogP) is 2.04. The summed E-state index contributed by atoms with van der Waals surface area (Å²) in [6, 6.07) is 7.24. The molecular formula is C16H15F2N5O2S. The molecule has 0 spiro atoms. The van der Waals surface area contributed by atoms with Gasteiger partial charge in [0.15, 0.2) is 0 Å². The molecule has 0 aliphatic rings. The zero-order valence-corrected chi connectivity index (χ0v) is 14.4. The summed E-state index contributed by atoms with van der Waals surface area (Å²) in [6.45, 7) is 0.491. The van der Waals surface area contributed by atoms with Gasteiger partial charge in [-0.2, -0.15) is 0 Å². The van der Waals surface area contributed by atoms with Crippen LogP contribution in [0.2, 0.25) is 0 Å². The van der Waals surface area contributed by atoms with Crippen molar-refractivity contribution in [3.63, 3.8) is 0 Å². The van der Waals surface area contributed by atoms with Crippen LogP contribution >= 0.6 is 11.8 Å². The fraction of sp³-hybridized carbons (Fsp3) is 0.250. The third-order valence-electron chi connectivity index (χ3n) is 3.48. The predicted molar refractivity (Wildman–Crippen MR) is 89.4 cm³/mol. The van der Waals surface area contributed by atoms with Crippen molar-refractivity contribution in [3.05, 3.63) is 59.6 Å². The fourth-order valence-electron chi connectivity index (χ4n) is 2.23. The molecular weight excluding hydrogens is 364 g/mol. The number of rotatable bonds is 8. The topological polar surface area (TPSA) is 85.8 Å². The van der Waals surface area contributed by atoms with E-state index in [1.165, 1.54) is 22.9 Å². The third kappa shape index (κ3) is 4.66. The van der Waals surface area contributed by atoms with Crippen LogP contribution < -0.4 is 5.32 Å². The molecule has 0 radical (unpaired) electrons. The van der Waals surface area contributed by atoms with E-state index in [-0.39, 0.29) is 30.2 Å². The van der Waals surface area contributed by atoms with Crippen LogP contribution in [0.5, 0.6) is 0 Å². The Labute approximate surface area is 151 Å². The van der Waals surface area contributed by atoms with Crippen molar-refractivity contribution in [3.8, 4) is 0 Å². The Morgan fingerprint density at radius 1 is 1.23 bits per heavy atom. The minimum absolute atomic E-state index is 0.0390.